The number of carboxylic acids is 1. The van der Waals surface area contributed by atoms with E-state index >= 15 is 0 Å². The number of benzene rings is 2. The van der Waals surface area contributed by atoms with E-state index in [1.165, 1.54) is 11.9 Å². The van der Waals surface area contributed by atoms with Crippen LogP contribution in [0.5, 0.6) is 0 Å². The normalized spacial score (nSPS) is 15.8. The zero-order valence-corrected chi connectivity index (χ0v) is 18.1. The molecular formula is C25H28N2O5. The zero-order chi connectivity index (χ0) is 22.7. The van der Waals surface area contributed by atoms with E-state index in [1.54, 1.807) is 0 Å². The van der Waals surface area contributed by atoms with Crippen molar-refractivity contribution >= 4 is 18.0 Å². The summed E-state index contributed by atoms with van der Waals surface area (Å²) in [6.07, 6.45) is 2.29. The Morgan fingerprint density at radius 1 is 1.06 bits per heavy atom. The van der Waals surface area contributed by atoms with E-state index in [1.807, 2.05) is 24.3 Å². The molecule has 1 fully saturated rings. The highest BCUT2D eigenvalue weighted by molar-refractivity contribution is 5.84. The molecule has 2 amide bonds. The Balaban J connectivity index is 1.36. The SMILES string of the molecule is CN(CC(=O)O)C(=O)C(CNC(=O)OCC1c2ccccc2-c2ccccc21)C1CCC1. The van der Waals surface area contributed by atoms with Gasteiger partial charge in [0.25, 0.3) is 0 Å². The summed E-state index contributed by atoms with van der Waals surface area (Å²) in [5.74, 6) is -1.62. The lowest BCUT2D eigenvalue weighted by atomic mass is 9.75. The smallest absolute Gasteiger partial charge is 0.407 e. The van der Waals surface area contributed by atoms with Crippen molar-refractivity contribution in [2.75, 3.05) is 26.7 Å². The summed E-state index contributed by atoms with van der Waals surface area (Å²) >= 11 is 0. The number of rotatable bonds is 8. The van der Waals surface area contributed by atoms with Gasteiger partial charge in [0.2, 0.25) is 5.91 Å². The van der Waals surface area contributed by atoms with Crippen LogP contribution in [0.25, 0.3) is 11.1 Å². The topological polar surface area (TPSA) is 95.9 Å². The number of hydrogen-bond donors (Lipinski definition) is 2. The van der Waals surface area contributed by atoms with Gasteiger partial charge in [0, 0.05) is 19.5 Å². The van der Waals surface area contributed by atoms with Crippen molar-refractivity contribution in [1.82, 2.24) is 10.2 Å². The van der Waals surface area contributed by atoms with Crippen molar-refractivity contribution in [2.45, 2.75) is 25.2 Å². The van der Waals surface area contributed by atoms with Crippen LogP contribution in [0.2, 0.25) is 0 Å². The second-order valence-electron chi connectivity index (χ2n) is 8.59. The molecule has 0 aliphatic heterocycles. The molecule has 0 spiro atoms. The quantitative estimate of drug-likeness (QED) is 0.661. The predicted molar refractivity (Wildman–Crippen MR) is 119 cm³/mol. The minimum absolute atomic E-state index is 0.0288. The van der Waals surface area contributed by atoms with Crippen molar-refractivity contribution in [3.8, 4) is 11.1 Å². The van der Waals surface area contributed by atoms with E-state index in [0.717, 1.165) is 41.5 Å². The zero-order valence-electron chi connectivity index (χ0n) is 18.1. The summed E-state index contributed by atoms with van der Waals surface area (Å²) < 4.78 is 5.56. The highest BCUT2D eigenvalue weighted by atomic mass is 16.5. The molecule has 0 bridgehead atoms. The maximum Gasteiger partial charge on any atom is 0.407 e. The van der Waals surface area contributed by atoms with E-state index in [4.69, 9.17) is 9.84 Å². The Labute approximate surface area is 187 Å². The Bertz CT molecular complexity index is 971. The van der Waals surface area contributed by atoms with Gasteiger partial charge in [0.05, 0.1) is 5.92 Å². The second kappa shape index (κ2) is 9.42. The van der Waals surface area contributed by atoms with Gasteiger partial charge in [-0.25, -0.2) is 4.79 Å². The van der Waals surface area contributed by atoms with Crippen LogP contribution in [0.15, 0.2) is 48.5 Å². The largest absolute Gasteiger partial charge is 0.480 e. The van der Waals surface area contributed by atoms with Gasteiger partial charge in [-0.15, -0.1) is 0 Å². The molecule has 168 valence electrons. The van der Waals surface area contributed by atoms with E-state index in [0.29, 0.717) is 0 Å². The number of likely N-dealkylation sites (N-methyl/N-ethyl adjacent to an activating group) is 1. The summed E-state index contributed by atoms with van der Waals surface area (Å²) in [4.78, 5) is 37.4. The fourth-order valence-electron chi connectivity index (χ4n) is 4.70. The Morgan fingerprint density at radius 3 is 2.19 bits per heavy atom. The molecule has 0 aromatic heterocycles. The van der Waals surface area contributed by atoms with Crippen molar-refractivity contribution in [3.05, 3.63) is 59.7 Å². The number of carbonyl (C=O) groups is 3. The molecule has 2 aliphatic carbocycles. The first kappa shape index (κ1) is 21.9. The monoisotopic (exact) mass is 436 g/mol. The minimum atomic E-state index is -1.06. The number of nitrogens with one attached hydrogen (secondary N) is 1. The van der Waals surface area contributed by atoms with Gasteiger partial charge in [-0.1, -0.05) is 55.0 Å². The van der Waals surface area contributed by atoms with E-state index in [-0.39, 0.29) is 37.4 Å². The number of ether oxygens (including phenoxy) is 1. The molecule has 2 aromatic carbocycles. The molecule has 1 atom stereocenters. The predicted octanol–water partition coefficient (Wildman–Crippen LogP) is 3.48. The summed E-state index contributed by atoms with van der Waals surface area (Å²) in [6, 6.07) is 16.3. The van der Waals surface area contributed by atoms with Gasteiger partial charge in [-0.2, -0.15) is 0 Å². The average molecular weight is 437 g/mol. The molecule has 7 nitrogen and oxygen atoms in total. The van der Waals surface area contributed by atoms with Crippen molar-refractivity contribution in [3.63, 3.8) is 0 Å². The minimum Gasteiger partial charge on any atom is -0.480 e. The molecule has 4 rings (SSSR count). The second-order valence-corrected chi connectivity index (χ2v) is 8.59. The highest BCUT2D eigenvalue weighted by Crippen LogP contribution is 2.44. The molecule has 1 unspecified atom stereocenters. The van der Waals surface area contributed by atoms with Gasteiger partial charge >= 0.3 is 12.1 Å². The third-order valence-electron chi connectivity index (χ3n) is 6.59. The van der Waals surface area contributed by atoms with E-state index in [2.05, 4.69) is 29.6 Å². The van der Waals surface area contributed by atoms with Gasteiger partial charge in [-0.05, 0) is 41.0 Å². The number of aliphatic carboxylic acids is 1. The standard InChI is InChI=1S/C25H28N2O5/c1-27(14-23(28)29)24(30)21(16-7-6-8-16)13-26-25(31)32-15-22-19-11-4-2-9-17(19)18-10-3-5-12-20(18)22/h2-5,9-12,16,21-22H,6-8,13-15H2,1H3,(H,26,31)(H,28,29). The van der Waals surface area contributed by atoms with Gasteiger partial charge in [-0.3, -0.25) is 9.59 Å². The Hall–Kier alpha value is -3.35. The summed E-state index contributed by atoms with van der Waals surface area (Å²) in [5, 5.41) is 11.7. The van der Waals surface area contributed by atoms with Crippen molar-refractivity contribution in [1.29, 1.82) is 0 Å². The molecule has 0 radical (unpaired) electrons. The van der Waals surface area contributed by atoms with Crippen LogP contribution < -0.4 is 5.32 Å². The number of carbonyl (C=O) groups excluding carboxylic acids is 2. The lowest BCUT2D eigenvalue weighted by molar-refractivity contribution is -0.146. The highest BCUT2D eigenvalue weighted by Gasteiger charge is 2.35. The molecule has 0 heterocycles. The van der Waals surface area contributed by atoms with Crippen LogP contribution in [-0.4, -0.2) is 54.7 Å². The number of alkyl carbamates (subject to hydrolysis) is 1. The Kier molecular flexibility index (Phi) is 6.44. The van der Waals surface area contributed by atoms with Crippen molar-refractivity contribution in [2.24, 2.45) is 11.8 Å². The first-order valence-corrected chi connectivity index (χ1v) is 11.0. The van der Waals surface area contributed by atoms with E-state index in [9.17, 15) is 14.4 Å². The number of fused-ring (bicyclic) bond motifs is 3. The van der Waals surface area contributed by atoms with Crippen LogP contribution in [-0.2, 0) is 14.3 Å². The van der Waals surface area contributed by atoms with E-state index < -0.39 is 18.0 Å². The fourth-order valence-corrected chi connectivity index (χ4v) is 4.70. The molecule has 2 aliphatic rings. The van der Waals surface area contributed by atoms with Crippen molar-refractivity contribution < 1.29 is 24.2 Å². The fraction of sp³-hybridized carbons (Fsp3) is 0.400. The summed E-state index contributed by atoms with van der Waals surface area (Å²) in [5.41, 5.74) is 4.60. The molecule has 32 heavy (non-hydrogen) atoms. The molecule has 1 saturated carbocycles. The number of amides is 2. The molecule has 2 aromatic rings. The lowest BCUT2D eigenvalue weighted by Crippen LogP contribution is -2.46. The Morgan fingerprint density at radius 2 is 1.66 bits per heavy atom. The molecular weight excluding hydrogens is 408 g/mol. The molecule has 2 N–H and O–H groups in total. The molecule has 7 heteroatoms. The number of nitrogens with zero attached hydrogens (tertiary/aromatic N) is 1. The maximum absolute atomic E-state index is 12.7. The van der Waals surface area contributed by atoms with Gasteiger partial charge < -0.3 is 20.1 Å². The number of hydrogen-bond acceptors (Lipinski definition) is 4. The van der Waals surface area contributed by atoms with Crippen LogP contribution in [0.4, 0.5) is 4.79 Å². The first-order valence-electron chi connectivity index (χ1n) is 11.0. The number of carboxylic acid groups (broad SMARTS) is 1. The third-order valence-corrected chi connectivity index (χ3v) is 6.59. The summed E-state index contributed by atoms with van der Waals surface area (Å²) in [6.45, 7) is -0.00203. The van der Waals surface area contributed by atoms with Crippen LogP contribution in [0, 0.1) is 11.8 Å². The van der Waals surface area contributed by atoms with Crippen LogP contribution >= 0.6 is 0 Å². The van der Waals surface area contributed by atoms with Gasteiger partial charge in [0.15, 0.2) is 0 Å². The lowest BCUT2D eigenvalue weighted by Gasteiger charge is -2.34. The van der Waals surface area contributed by atoms with Crippen LogP contribution in [0.3, 0.4) is 0 Å². The average Bonchev–Trinajstić information content (AvgIpc) is 3.06. The molecule has 0 saturated heterocycles. The summed E-state index contributed by atoms with van der Waals surface area (Å²) in [7, 11) is 1.48. The third kappa shape index (κ3) is 4.47. The van der Waals surface area contributed by atoms with Gasteiger partial charge in [0.1, 0.15) is 13.2 Å². The first-order chi connectivity index (χ1) is 15.5. The van der Waals surface area contributed by atoms with Crippen LogP contribution in [0.1, 0.15) is 36.3 Å². The maximum atomic E-state index is 12.7.